The minimum absolute atomic E-state index is 0.256. The molecule has 0 atom stereocenters. The molecular weight excluding hydrogens is 200 g/mol. The first-order valence-corrected chi connectivity index (χ1v) is 5.06. The van der Waals surface area contributed by atoms with Crippen LogP contribution in [0.2, 0.25) is 5.02 Å². The highest BCUT2D eigenvalue weighted by Crippen LogP contribution is 2.29. The molecule has 0 radical (unpaired) electrons. The zero-order chi connectivity index (χ0) is 9.97. The van der Waals surface area contributed by atoms with E-state index in [1.54, 1.807) is 24.3 Å². The van der Waals surface area contributed by atoms with Gasteiger partial charge in [-0.3, -0.25) is 0 Å². The summed E-state index contributed by atoms with van der Waals surface area (Å²) in [5, 5.41) is 0.628. The monoisotopic (exact) mass is 210 g/mol. The van der Waals surface area contributed by atoms with Crippen LogP contribution in [0.15, 0.2) is 24.3 Å². The van der Waals surface area contributed by atoms with E-state index in [4.69, 9.17) is 16.3 Å². The highest BCUT2D eigenvalue weighted by molar-refractivity contribution is 6.30. The van der Waals surface area contributed by atoms with Gasteiger partial charge in [-0.15, -0.1) is 0 Å². The Balaban J connectivity index is 1.92. The highest BCUT2D eigenvalue weighted by atomic mass is 35.5. The first kappa shape index (κ1) is 9.53. The molecule has 0 aliphatic heterocycles. The minimum atomic E-state index is -0.256. The second-order valence-corrected chi connectivity index (χ2v) is 3.99. The van der Waals surface area contributed by atoms with Gasteiger partial charge in [0.05, 0.1) is 12.2 Å². The molecule has 2 nitrogen and oxygen atoms in total. The maximum absolute atomic E-state index is 11.4. The molecule has 1 saturated carbocycles. The molecule has 3 heteroatoms. The highest BCUT2D eigenvalue weighted by Gasteiger charge is 2.23. The van der Waals surface area contributed by atoms with Crippen molar-refractivity contribution in [3.8, 4) is 0 Å². The van der Waals surface area contributed by atoms with Crippen molar-refractivity contribution in [3.63, 3.8) is 0 Å². The first-order valence-electron chi connectivity index (χ1n) is 4.68. The van der Waals surface area contributed by atoms with Gasteiger partial charge in [0.15, 0.2) is 0 Å². The Morgan fingerprint density at radius 1 is 1.36 bits per heavy atom. The summed E-state index contributed by atoms with van der Waals surface area (Å²) in [7, 11) is 0. The SMILES string of the molecule is O=C(OCC1CC1)c1ccc(Cl)cc1. The summed E-state index contributed by atoms with van der Waals surface area (Å²) in [4.78, 5) is 11.4. The molecule has 1 aliphatic rings. The standard InChI is InChI=1S/C11H11ClO2/c12-10-5-3-9(4-6-10)11(13)14-7-8-1-2-8/h3-6,8H,1-2,7H2. The van der Waals surface area contributed by atoms with Gasteiger partial charge in [0.2, 0.25) is 0 Å². The maximum Gasteiger partial charge on any atom is 0.338 e. The van der Waals surface area contributed by atoms with Crippen molar-refractivity contribution in [2.75, 3.05) is 6.61 Å². The third-order valence-electron chi connectivity index (χ3n) is 2.23. The van der Waals surface area contributed by atoms with Crippen LogP contribution in [0.3, 0.4) is 0 Å². The number of esters is 1. The Morgan fingerprint density at radius 3 is 2.57 bits per heavy atom. The molecule has 2 rings (SSSR count). The third-order valence-corrected chi connectivity index (χ3v) is 2.48. The summed E-state index contributed by atoms with van der Waals surface area (Å²) in [6.45, 7) is 0.557. The Hall–Kier alpha value is -1.02. The lowest BCUT2D eigenvalue weighted by molar-refractivity contribution is 0.0486. The number of carbonyl (C=O) groups is 1. The lowest BCUT2D eigenvalue weighted by Gasteiger charge is -2.02. The van der Waals surface area contributed by atoms with Crippen LogP contribution < -0.4 is 0 Å². The van der Waals surface area contributed by atoms with Gasteiger partial charge >= 0.3 is 5.97 Å². The number of rotatable bonds is 3. The number of hydrogen-bond donors (Lipinski definition) is 0. The van der Waals surface area contributed by atoms with Crippen LogP contribution in [0.4, 0.5) is 0 Å². The summed E-state index contributed by atoms with van der Waals surface area (Å²) < 4.78 is 5.11. The predicted molar refractivity (Wildman–Crippen MR) is 54.5 cm³/mol. The lowest BCUT2D eigenvalue weighted by atomic mass is 10.2. The summed E-state index contributed by atoms with van der Waals surface area (Å²) in [5.41, 5.74) is 0.565. The molecule has 1 fully saturated rings. The van der Waals surface area contributed by atoms with Crippen molar-refractivity contribution in [3.05, 3.63) is 34.9 Å². The Labute approximate surface area is 87.8 Å². The minimum Gasteiger partial charge on any atom is -0.462 e. The molecule has 0 heterocycles. The molecular formula is C11H11ClO2. The molecule has 74 valence electrons. The van der Waals surface area contributed by atoms with Crippen LogP contribution in [-0.2, 0) is 4.74 Å². The molecule has 0 N–H and O–H groups in total. The van der Waals surface area contributed by atoms with Crippen LogP contribution in [0.1, 0.15) is 23.2 Å². The average Bonchev–Trinajstić information content (AvgIpc) is 2.99. The number of ether oxygens (including phenoxy) is 1. The van der Waals surface area contributed by atoms with Gasteiger partial charge in [0, 0.05) is 5.02 Å². The smallest absolute Gasteiger partial charge is 0.338 e. The van der Waals surface area contributed by atoms with Crippen LogP contribution in [0.25, 0.3) is 0 Å². The molecule has 1 aromatic rings. The second kappa shape index (κ2) is 4.01. The molecule has 0 aromatic heterocycles. The van der Waals surface area contributed by atoms with E-state index in [2.05, 4.69) is 0 Å². The van der Waals surface area contributed by atoms with Gasteiger partial charge in [0.1, 0.15) is 0 Å². The topological polar surface area (TPSA) is 26.3 Å². The summed E-state index contributed by atoms with van der Waals surface area (Å²) in [5.74, 6) is 0.347. The summed E-state index contributed by atoms with van der Waals surface area (Å²) in [6, 6.07) is 6.74. The number of benzene rings is 1. The number of hydrogen-bond acceptors (Lipinski definition) is 2. The van der Waals surface area contributed by atoms with Gasteiger partial charge in [-0.25, -0.2) is 4.79 Å². The van der Waals surface area contributed by atoms with Crippen LogP contribution in [0.5, 0.6) is 0 Å². The average molecular weight is 211 g/mol. The van der Waals surface area contributed by atoms with E-state index in [1.165, 1.54) is 12.8 Å². The predicted octanol–water partition coefficient (Wildman–Crippen LogP) is 2.91. The van der Waals surface area contributed by atoms with Gasteiger partial charge in [-0.2, -0.15) is 0 Å². The Kier molecular flexibility index (Phi) is 2.73. The Bertz CT molecular complexity index is 328. The normalized spacial score (nSPS) is 15.2. The molecule has 1 aromatic carbocycles. The van der Waals surface area contributed by atoms with Gasteiger partial charge in [-0.1, -0.05) is 11.6 Å². The number of halogens is 1. The zero-order valence-corrected chi connectivity index (χ0v) is 8.46. The fourth-order valence-corrected chi connectivity index (χ4v) is 1.27. The van der Waals surface area contributed by atoms with Crippen molar-refractivity contribution in [2.24, 2.45) is 5.92 Å². The molecule has 0 bridgehead atoms. The third kappa shape index (κ3) is 2.48. The van der Waals surface area contributed by atoms with Crippen LogP contribution in [0, 0.1) is 5.92 Å². The summed E-state index contributed by atoms with van der Waals surface area (Å²) >= 11 is 5.70. The number of carbonyl (C=O) groups excluding carboxylic acids is 1. The fourth-order valence-electron chi connectivity index (χ4n) is 1.15. The Morgan fingerprint density at radius 2 is 2.00 bits per heavy atom. The quantitative estimate of drug-likeness (QED) is 0.718. The first-order chi connectivity index (χ1) is 6.75. The van der Waals surface area contributed by atoms with Gasteiger partial charge in [-0.05, 0) is 43.0 Å². The fraction of sp³-hybridized carbons (Fsp3) is 0.364. The van der Waals surface area contributed by atoms with Crippen molar-refractivity contribution in [2.45, 2.75) is 12.8 Å². The second-order valence-electron chi connectivity index (χ2n) is 3.55. The van der Waals surface area contributed by atoms with Crippen LogP contribution in [-0.4, -0.2) is 12.6 Å². The van der Waals surface area contributed by atoms with E-state index < -0.39 is 0 Å². The maximum atomic E-state index is 11.4. The van der Waals surface area contributed by atoms with E-state index in [9.17, 15) is 4.79 Å². The van der Waals surface area contributed by atoms with E-state index in [1.807, 2.05) is 0 Å². The van der Waals surface area contributed by atoms with Crippen molar-refractivity contribution < 1.29 is 9.53 Å². The van der Waals surface area contributed by atoms with Crippen molar-refractivity contribution in [1.29, 1.82) is 0 Å². The molecule has 14 heavy (non-hydrogen) atoms. The van der Waals surface area contributed by atoms with E-state index >= 15 is 0 Å². The van der Waals surface area contributed by atoms with Gasteiger partial charge < -0.3 is 4.74 Å². The largest absolute Gasteiger partial charge is 0.462 e. The zero-order valence-electron chi connectivity index (χ0n) is 7.70. The van der Waals surface area contributed by atoms with E-state index in [0.717, 1.165) is 0 Å². The molecule has 1 aliphatic carbocycles. The lowest BCUT2D eigenvalue weighted by Crippen LogP contribution is -2.07. The van der Waals surface area contributed by atoms with Crippen molar-refractivity contribution >= 4 is 17.6 Å². The van der Waals surface area contributed by atoms with E-state index in [-0.39, 0.29) is 5.97 Å². The van der Waals surface area contributed by atoms with Gasteiger partial charge in [0.25, 0.3) is 0 Å². The molecule has 0 spiro atoms. The van der Waals surface area contributed by atoms with E-state index in [0.29, 0.717) is 23.1 Å². The molecule has 0 saturated heterocycles. The van der Waals surface area contributed by atoms with Crippen molar-refractivity contribution in [1.82, 2.24) is 0 Å². The molecule has 0 unspecified atom stereocenters. The molecule has 0 amide bonds. The summed E-state index contributed by atoms with van der Waals surface area (Å²) in [6.07, 6.45) is 2.38. The van der Waals surface area contributed by atoms with Crippen LogP contribution >= 0.6 is 11.6 Å².